The number of hydrogen-bond acceptors (Lipinski definition) is 3. The number of rotatable bonds is 9. The van der Waals surface area contributed by atoms with Crippen LogP contribution in [-0.2, 0) is 0 Å². The minimum atomic E-state index is 0.607. The van der Waals surface area contributed by atoms with Gasteiger partial charge in [0.15, 0.2) is 0 Å². The molecular weight excluding hydrogens is 222 g/mol. The molecule has 0 spiro atoms. The zero-order valence-corrected chi connectivity index (χ0v) is 12.0. The Morgan fingerprint density at radius 1 is 1.28 bits per heavy atom. The van der Waals surface area contributed by atoms with Crippen LogP contribution in [0.1, 0.15) is 52.4 Å². The molecule has 0 radical (unpaired) electrons. The topological polar surface area (TPSA) is 39.1 Å². The van der Waals surface area contributed by atoms with Crippen LogP contribution >= 0.6 is 0 Å². The van der Waals surface area contributed by atoms with Gasteiger partial charge >= 0.3 is 0 Å². The van der Waals surface area contributed by atoms with Crippen molar-refractivity contribution >= 4 is 0 Å². The Bertz CT molecular complexity index is 297. The molecule has 102 valence electrons. The van der Waals surface area contributed by atoms with Crippen LogP contribution in [-0.4, -0.2) is 31.1 Å². The van der Waals surface area contributed by atoms with E-state index in [1.54, 1.807) is 5.57 Å². The number of nitrogens with one attached hydrogen (secondary N) is 1. The van der Waals surface area contributed by atoms with E-state index in [0.29, 0.717) is 6.42 Å². The van der Waals surface area contributed by atoms with Gasteiger partial charge in [0.05, 0.1) is 12.5 Å². The molecule has 0 saturated heterocycles. The van der Waals surface area contributed by atoms with Gasteiger partial charge in [-0.25, -0.2) is 0 Å². The first-order valence-electron chi connectivity index (χ1n) is 7.35. The summed E-state index contributed by atoms with van der Waals surface area (Å²) in [5.41, 5.74) is 3.05. The zero-order chi connectivity index (χ0) is 13.2. The van der Waals surface area contributed by atoms with Crippen LogP contribution in [0, 0.1) is 11.3 Å². The molecule has 0 aromatic carbocycles. The first kappa shape index (κ1) is 15.0. The molecule has 18 heavy (non-hydrogen) atoms. The predicted octanol–water partition coefficient (Wildman–Crippen LogP) is 3.05. The lowest BCUT2D eigenvalue weighted by Gasteiger charge is -2.18. The molecule has 1 rings (SSSR count). The Hall–Kier alpha value is -1.01. The van der Waals surface area contributed by atoms with E-state index in [1.807, 2.05) is 0 Å². The molecule has 0 fully saturated rings. The molecule has 0 aromatic heterocycles. The number of nitrogens with zero attached hydrogens (tertiary/aromatic N) is 2. The van der Waals surface area contributed by atoms with E-state index < -0.39 is 0 Å². The van der Waals surface area contributed by atoms with Gasteiger partial charge in [0.1, 0.15) is 0 Å². The van der Waals surface area contributed by atoms with Crippen LogP contribution in [0.2, 0.25) is 0 Å². The summed E-state index contributed by atoms with van der Waals surface area (Å²) in [5.74, 6) is 0. The normalized spacial score (nSPS) is 15.2. The molecule has 3 heteroatoms. The molecule has 0 saturated carbocycles. The second kappa shape index (κ2) is 8.99. The molecule has 1 N–H and O–H groups in total. The minimum absolute atomic E-state index is 0.607. The molecule has 0 atom stereocenters. The van der Waals surface area contributed by atoms with E-state index in [2.05, 4.69) is 30.1 Å². The summed E-state index contributed by atoms with van der Waals surface area (Å²) in [7, 11) is 0. The van der Waals surface area contributed by atoms with Gasteiger partial charge in [0.2, 0.25) is 0 Å². The Kier molecular flexibility index (Phi) is 7.52. The average Bonchev–Trinajstić information content (AvgIpc) is 2.83. The number of allylic oxidation sites excluding steroid dienone is 2. The first-order valence-corrected chi connectivity index (χ1v) is 7.35. The van der Waals surface area contributed by atoms with Crippen molar-refractivity contribution in [3.8, 4) is 6.07 Å². The molecule has 1 aliphatic carbocycles. The third-order valence-corrected chi connectivity index (χ3v) is 3.75. The fourth-order valence-corrected chi connectivity index (χ4v) is 2.62. The molecule has 0 unspecified atom stereocenters. The van der Waals surface area contributed by atoms with Crippen molar-refractivity contribution in [2.75, 3.05) is 26.2 Å². The lowest BCUT2D eigenvalue weighted by atomic mass is 10.1. The highest BCUT2D eigenvalue weighted by Gasteiger charge is 2.13. The fraction of sp³-hybridized carbons (Fsp3) is 0.800. The fourth-order valence-electron chi connectivity index (χ4n) is 2.62. The molecule has 0 aliphatic heterocycles. The second-order valence-corrected chi connectivity index (χ2v) is 4.90. The lowest BCUT2D eigenvalue weighted by molar-refractivity contribution is 0.299. The quantitative estimate of drug-likeness (QED) is 0.638. The van der Waals surface area contributed by atoms with Gasteiger partial charge in [-0.3, -0.25) is 0 Å². The first-order chi connectivity index (χ1) is 8.81. The summed E-state index contributed by atoms with van der Waals surface area (Å²) >= 11 is 0. The van der Waals surface area contributed by atoms with Gasteiger partial charge in [-0.2, -0.15) is 5.26 Å². The highest BCUT2D eigenvalue weighted by Crippen LogP contribution is 2.27. The molecule has 0 amide bonds. The summed E-state index contributed by atoms with van der Waals surface area (Å²) in [4.78, 5) is 2.48. The predicted molar refractivity (Wildman–Crippen MR) is 76.1 cm³/mol. The van der Waals surface area contributed by atoms with Crippen molar-refractivity contribution in [3.05, 3.63) is 11.3 Å². The summed E-state index contributed by atoms with van der Waals surface area (Å²) in [6.45, 7) is 8.79. The summed E-state index contributed by atoms with van der Waals surface area (Å²) in [6.07, 6.45) is 6.83. The van der Waals surface area contributed by atoms with Crippen LogP contribution in [0.3, 0.4) is 0 Å². The van der Waals surface area contributed by atoms with E-state index in [-0.39, 0.29) is 0 Å². The van der Waals surface area contributed by atoms with Gasteiger partial charge in [0.25, 0.3) is 0 Å². The molecular formula is C15H27N3. The van der Waals surface area contributed by atoms with Crippen LogP contribution in [0.25, 0.3) is 0 Å². The van der Waals surface area contributed by atoms with E-state index in [4.69, 9.17) is 5.26 Å². The highest BCUT2D eigenvalue weighted by molar-refractivity contribution is 5.18. The molecule has 0 aromatic rings. The minimum Gasteiger partial charge on any atom is -0.387 e. The summed E-state index contributed by atoms with van der Waals surface area (Å²) in [5, 5.41) is 12.0. The molecule has 3 nitrogen and oxygen atoms in total. The Morgan fingerprint density at radius 2 is 2.06 bits per heavy atom. The van der Waals surface area contributed by atoms with Gasteiger partial charge in [-0.1, -0.05) is 19.4 Å². The van der Waals surface area contributed by atoms with Crippen molar-refractivity contribution in [1.29, 1.82) is 5.26 Å². The zero-order valence-electron chi connectivity index (χ0n) is 12.0. The van der Waals surface area contributed by atoms with Crippen LogP contribution in [0.15, 0.2) is 11.3 Å². The third-order valence-electron chi connectivity index (χ3n) is 3.75. The van der Waals surface area contributed by atoms with Gasteiger partial charge in [-0.15, -0.1) is 0 Å². The van der Waals surface area contributed by atoms with E-state index >= 15 is 0 Å². The monoisotopic (exact) mass is 249 g/mol. The van der Waals surface area contributed by atoms with Crippen molar-refractivity contribution in [2.24, 2.45) is 0 Å². The van der Waals surface area contributed by atoms with E-state index in [9.17, 15) is 0 Å². The molecule has 1 aliphatic rings. The van der Waals surface area contributed by atoms with Crippen molar-refractivity contribution in [2.45, 2.75) is 52.4 Å². The number of nitriles is 1. The van der Waals surface area contributed by atoms with Crippen molar-refractivity contribution in [3.63, 3.8) is 0 Å². The van der Waals surface area contributed by atoms with Crippen LogP contribution in [0.5, 0.6) is 0 Å². The van der Waals surface area contributed by atoms with Crippen molar-refractivity contribution < 1.29 is 0 Å². The average molecular weight is 249 g/mol. The largest absolute Gasteiger partial charge is 0.387 e. The Balaban J connectivity index is 2.29. The van der Waals surface area contributed by atoms with Crippen molar-refractivity contribution in [1.82, 2.24) is 10.2 Å². The van der Waals surface area contributed by atoms with Gasteiger partial charge < -0.3 is 10.2 Å². The maximum Gasteiger partial charge on any atom is 0.0640 e. The Labute approximate surface area is 112 Å². The van der Waals surface area contributed by atoms with Gasteiger partial charge in [0, 0.05) is 12.2 Å². The summed E-state index contributed by atoms with van der Waals surface area (Å²) in [6, 6.07) is 2.19. The Morgan fingerprint density at radius 3 is 2.72 bits per heavy atom. The maximum absolute atomic E-state index is 8.55. The highest BCUT2D eigenvalue weighted by atomic mass is 15.1. The van der Waals surface area contributed by atoms with E-state index in [1.165, 1.54) is 44.3 Å². The van der Waals surface area contributed by atoms with Crippen LogP contribution < -0.4 is 5.32 Å². The van der Waals surface area contributed by atoms with Gasteiger partial charge in [-0.05, 0) is 51.7 Å². The van der Waals surface area contributed by atoms with Crippen LogP contribution in [0.4, 0.5) is 0 Å². The SMILES string of the molecule is CCN(CC)CCCC1=C(NCCC#N)CCC1. The molecule has 0 heterocycles. The maximum atomic E-state index is 8.55. The number of hydrogen-bond donors (Lipinski definition) is 1. The third kappa shape index (κ3) is 5.10. The second-order valence-electron chi connectivity index (χ2n) is 4.90. The molecule has 0 bridgehead atoms. The van der Waals surface area contributed by atoms with E-state index in [0.717, 1.165) is 19.6 Å². The lowest BCUT2D eigenvalue weighted by Crippen LogP contribution is -2.24. The summed E-state index contributed by atoms with van der Waals surface area (Å²) < 4.78 is 0. The smallest absolute Gasteiger partial charge is 0.0640 e. The standard InChI is InChI=1S/C15H27N3/c1-3-18(4-2)13-6-9-14-8-5-10-15(14)17-12-7-11-16/h17H,3-10,12-13H2,1-2H3.